The molecule has 0 bridgehead atoms. The predicted octanol–water partition coefficient (Wildman–Crippen LogP) is 6.23. The monoisotopic (exact) mass is 481 g/mol. The summed E-state index contributed by atoms with van der Waals surface area (Å²) in [4.78, 5) is 4.43. The molecule has 0 aliphatic heterocycles. The number of para-hydroxylation sites is 1. The van der Waals surface area contributed by atoms with E-state index in [1.807, 2.05) is 36.4 Å². The number of aromatic hydroxyl groups is 1. The number of alkyl halides is 3. The minimum absolute atomic E-state index is 0.152. The van der Waals surface area contributed by atoms with Gasteiger partial charge in [-0.25, -0.2) is 0 Å². The molecule has 3 N–H and O–H groups in total. The lowest BCUT2D eigenvalue weighted by molar-refractivity contribution is -0.137. The van der Waals surface area contributed by atoms with Gasteiger partial charge < -0.3 is 20.5 Å². The van der Waals surface area contributed by atoms with E-state index in [4.69, 9.17) is 4.74 Å². The van der Waals surface area contributed by atoms with Crippen LogP contribution in [0.15, 0.2) is 72.9 Å². The number of hydrogen-bond donors (Lipinski definition) is 3. The van der Waals surface area contributed by atoms with Crippen LogP contribution in [-0.2, 0) is 12.7 Å². The normalized spacial score (nSPS) is 11.5. The van der Waals surface area contributed by atoms with Gasteiger partial charge in [0.15, 0.2) is 11.5 Å². The van der Waals surface area contributed by atoms with E-state index >= 15 is 0 Å². The van der Waals surface area contributed by atoms with Gasteiger partial charge in [-0.15, -0.1) is 0 Å². The van der Waals surface area contributed by atoms with E-state index < -0.39 is 11.7 Å². The number of nitrogens with one attached hydrogen (secondary N) is 2. The molecule has 8 heteroatoms. The number of nitrogens with zero attached hydrogens (tertiary/aromatic N) is 1. The number of fused-ring (bicyclic) bond motifs is 1. The Bertz CT molecular complexity index is 1290. The second-order valence-corrected chi connectivity index (χ2v) is 8.09. The van der Waals surface area contributed by atoms with Gasteiger partial charge in [0.2, 0.25) is 0 Å². The molecule has 0 saturated heterocycles. The number of phenolic OH excluding ortho intramolecular Hbond substituents is 1. The van der Waals surface area contributed by atoms with E-state index in [9.17, 15) is 18.3 Å². The molecule has 0 fully saturated rings. The highest BCUT2D eigenvalue weighted by molar-refractivity contribution is 5.93. The SMILES string of the molecule is COc1cccc(CNCCCNc2ccnc3cc(-c4ccc(C(F)(F)F)cc4)ccc23)c1O. The molecule has 3 aromatic carbocycles. The molecule has 0 saturated carbocycles. The van der Waals surface area contributed by atoms with Gasteiger partial charge in [0.05, 0.1) is 18.2 Å². The first-order valence-electron chi connectivity index (χ1n) is 11.2. The highest BCUT2D eigenvalue weighted by Crippen LogP contribution is 2.32. The third kappa shape index (κ3) is 5.84. The Morgan fingerprint density at radius 2 is 1.71 bits per heavy atom. The molecule has 4 rings (SSSR count). The van der Waals surface area contributed by atoms with Crippen LogP contribution in [-0.4, -0.2) is 30.3 Å². The topological polar surface area (TPSA) is 66.4 Å². The van der Waals surface area contributed by atoms with Gasteiger partial charge in [-0.3, -0.25) is 4.98 Å². The summed E-state index contributed by atoms with van der Waals surface area (Å²) in [5.74, 6) is 0.608. The first-order valence-corrected chi connectivity index (χ1v) is 11.2. The van der Waals surface area contributed by atoms with Crippen LogP contribution in [0, 0.1) is 0 Å². The third-order valence-corrected chi connectivity index (χ3v) is 5.75. The maximum Gasteiger partial charge on any atom is 0.416 e. The molecule has 0 aliphatic rings. The molecule has 1 aromatic heterocycles. The minimum Gasteiger partial charge on any atom is -0.504 e. The number of pyridine rings is 1. The van der Waals surface area contributed by atoms with Gasteiger partial charge in [-0.05, 0) is 54.4 Å². The summed E-state index contributed by atoms with van der Waals surface area (Å²) in [6, 6.07) is 18.2. The van der Waals surface area contributed by atoms with Crippen molar-refractivity contribution < 1.29 is 23.0 Å². The van der Waals surface area contributed by atoms with Gasteiger partial charge in [0, 0.05) is 35.9 Å². The van der Waals surface area contributed by atoms with Crippen LogP contribution < -0.4 is 15.4 Å². The van der Waals surface area contributed by atoms with Crippen molar-refractivity contribution in [3.05, 3.63) is 84.1 Å². The second-order valence-electron chi connectivity index (χ2n) is 8.09. The number of aromatic nitrogens is 1. The molecule has 4 aromatic rings. The van der Waals surface area contributed by atoms with Crippen molar-refractivity contribution in [2.75, 3.05) is 25.5 Å². The van der Waals surface area contributed by atoms with E-state index in [0.29, 0.717) is 17.9 Å². The molecule has 0 amide bonds. The molecule has 1 heterocycles. The predicted molar refractivity (Wildman–Crippen MR) is 132 cm³/mol. The van der Waals surface area contributed by atoms with E-state index in [1.54, 1.807) is 12.3 Å². The van der Waals surface area contributed by atoms with Crippen LogP contribution in [0.25, 0.3) is 22.0 Å². The summed E-state index contributed by atoms with van der Waals surface area (Å²) in [7, 11) is 1.52. The Morgan fingerprint density at radius 3 is 2.46 bits per heavy atom. The zero-order chi connectivity index (χ0) is 24.8. The standard InChI is InChI=1S/C27H26F3N3O2/c1-35-25-5-2-4-20(26(25)34)17-31-13-3-14-32-23-12-15-33-24-16-19(8-11-22(23)24)18-6-9-21(10-7-18)27(28,29)30/h2,4-12,15-16,31,34H,3,13-14,17H2,1H3,(H,32,33). The molecule has 0 unspecified atom stereocenters. The van der Waals surface area contributed by atoms with Crippen molar-refractivity contribution in [1.82, 2.24) is 10.3 Å². The van der Waals surface area contributed by atoms with Crippen molar-refractivity contribution in [2.45, 2.75) is 19.1 Å². The van der Waals surface area contributed by atoms with Crippen molar-refractivity contribution in [1.29, 1.82) is 0 Å². The third-order valence-electron chi connectivity index (χ3n) is 5.75. The number of benzene rings is 3. The average Bonchev–Trinajstić information content (AvgIpc) is 2.86. The van der Waals surface area contributed by atoms with Crippen LogP contribution >= 0.6 is 0 Å². The molecule has 0 aliphatic carbocycles. The van der Waals surface area contributed by atoms with Crippen LogP contribution in [0.1, 0.15) is 17.5 Å². The van der Waals surface area contributed by atoms with Gasteiger partial charge in [0.25, 0.3) is 0 Å². The molecular formula is C27H26F3N3O2. The summed E-state index contributed by atoms with van der Waals surface area (Å²) >= 11 is 0. The Balaban J connectivity index is 1.34. The first kappa shape index (κ1) is 24.3. The number of hydrogen-bond acceptors (Lipinski definition) is 5. The van der Waals surface area contributed by atoms with Crippen LogP contribution in [0.5, 0.6) is 11.5 Å². The summed E-state index contributed by atoms with van der Waals surface area (Å²) < 4.78 is 43.6. The average molecular weight is 482 g/mol. The number of rotatable bonds is 9. The minimum atomic E-state index is -4.35. The number of methoxy groups -OCH3 is 1. The fourth-order valence-corrected chi connectivity index (χ4v) is 3.87. The largest absolute Gasteiger partial charge is 0.504 e. The summed E-state index contributed by atoms with van der Waals surface area (Å²) in [5, 5.41) is 17.8. The lowest BCUT2D eigenvalue weighted by Crippen LogP contribution is -2.17. The lowest BCUT2D eigenvalue weighted by Gasteiger charge is -2.12. The molecule has 182 valence electrons. The fraction of sp³-hybridized carbons (Fsp3) is 0.222. The molecule has 0 radical (unpaired) electrons. The van der Waals surface area contributed by atoms with Gasteiger partial charge in [-0.1, -0.05) is 36.4 Å². The Morgan fingerprint density at radius 1 is 0.943 bits per heavy atom. The van der Waals surface area contributed by atoms with E-state index in [-0.39, 0.29) is 5.75 Å². The first-order chi connectivity index (χ1) is 16.9. The molecule has 5 nitrogen and oxygen atoms in total. The smallest absolute Gasteiger partial charge is 0.416 e. The van der Waals surface area contributed by atoms with Gasteiger partial charge in [0.1, 0.15) is 0 Å². The van der Waals surface area contributed by atoms with E-state index in [2.05, 4.69) is 15.6 Å². The summed E-state index contributed by atoms with van der Waals surface area (Å²) in [6.07, 6.45) is -1.78. The number of halogens is 3. The van der Waals surface area contributed by atoms with Crippen molar-refractivity contribution in [3.63, 3.8) is 0 Å². The Kier molecular flexibility index (Phi) is 7.41. The zero-order valence-corrected chi connectivity index (χ0v) is 19.2. The fourth-order valence-electron chi connectivity index (χ4n) is 3.87. The molecular weight excluding hydrogens is 455 g/mol. The van der Waals surface area contributed by atoms with Crippen LogP contribution in [0.4, 0.5) is 18.9 Å². The molecule has 0 atom stereocenters. The van der Waals surface area contributed by atoms with Crippen LogP contribution in [0.3, 0.4) is 0 Å². The molecule has 0 spiro atoms. The number of phenols is 1. The zero-order valence-electron chi connectivity index (χ0n) is 19.2. The summed E-state index contributed by atoms with van der Waals surface area (Å²) in [5.41, 5.74) is 3.33. The quantitative estimate of drug-likeness (QED) is 0.248. The van der Waals surface area contributed by atoms with Gasteiger partial charge in [-0.2, -0.15) is 13.2 Å². The maximum atomic E-state index is 12.8. The Labute approximate surface area is 201 Å². The van der Waals surface area contributed by atoms with Crippen molar-refractivity contribution in [2.24, 2.45) is 0 Å². The Hall–Kier alpha value is -3.78. The van der Waals surface area contributed by atoms with E-state index in [1.165, 1.54) is 19.2 Å². The highest BCUT2D eigenvalue weighted by atomic mass is 19.4. The number of ether oxygens (including phenoxy) is 1. The molecule has 35 heavy (non-hydrogen) atoms. The van der Waals surface area contributed by atoms with Crippen molar-refractivity contribution >= 4 is 16.6 Å². The summed E-state index contributed by atoms with van der Waals surface area (Å²) in [6.45, 7) is 2.02. The lowest BCUT2D eigenvalue weighted by atomic mass is 10.0. The number of anilines is 1. The van der Waals surface area contributed by atoms with Crippen LogP contribution in [0.2, 0.25) is 0 Å². The van der Waals surface area contributed by atoms with E-state index in [0.717, 1.165) is 59.4 Å². The van der Waals surface area contributed by atoms with Gasteiger partial charge >= 0.3 is 6.18 Å². The second kappa shape index (κ2) is 10.7. The van der Waals surface area contributed by atoms with Crippen molar-refractivity contribution in [3.8, 4) is 22.6 Å². The maximum absolute atomic E-state index is 12.8. The highest BCUT2D eigenvalue weighted by Gasteiger charge is 2.29.